The molecule has 0 amide bonds. The molecule has 3 aromatic heterocycles. The second kappa shape index (κ2) is 13.6. The van der Waals surface area contributed by atoms with Crippen LogP contribution in [0.15, 0.2) is 218 Å². The molecule has 0 unspecified atom stereocenters. The van der Waals surface area contributed by atoms with Crippen molar-refractivity contribution in [3.05, 3.63) is 218 Å². The lowest BCUT2D eigenvalue weighted by Crippen LogP contribution is -2.03. The molecule has 0 aliphatic rings. The van der Waals surface area contributed by atoms with Crippen molar-refractivity contribution < 1.29 is 0 Å². The average Bonchev–Trinajstić information content (AvgIpc) is 3.86. The average molecular weight is 789 g/mol. The van der Waals surface area contributed by atoms with E-state index in [2.05, 4.69) is 215 Å². The van der Waals surface area contributed by atoms with Crippen LogP contribution in [0.25, 0.3) is 121 Å². The van der Waals surface area contributed by atoms with Gasteiger partial charge in [-0.05, 0) is 104 Å². The molecule has 13 aromatic rings. The Bertz CT molecular complexity index is 3910. The molecule has 0 saturated carbocycles. The first-order valence-electron chi connectivity index (χ1n) is 21.2. The van der Waals surface area contributed by atoms with Gasteiger partial charge in [0.15, 0.2) is 0 Å². The number of fused-ring (bicyclic) bond motifs is 10. The molecule has 3 heterocycles. The normalized spacial score (nSPS) is 11.9. The standard InChI is InChI=1S/C58H36N4/c1-2-14-40(15-3-1)57-48-19-8-10-20-51(48)59-58(60-57)62-52-21-11-9-18-47(52)49-35-43(27-31-53(49)62)44-28-32-54-50(36-44)56-46-17-7-6-13-39(46)26-33-55(56)61(54)45-29-24-38(25-30-45)42-23-22-37-12-4-5-16-41(37)34-42/h1-36H. The largest absolute Gasteiger partial charge is 0.309 e. The molecule has 0 atom stereocenters. The van der Waals surface area contributed by atoms with Gasteiger partial charge in [0, 0.05) is 38.2 Å². The van der Waals surface area contributed by atoms with E-state index in [9.17, 15) is 0 Å². The van der Waals surface area contributed by atoms with Crippen LogP contribution in [0, 0.1) is 0 Å². The van der Waals surface area contributed by atoms with Crippen molar-refractivity contribution in [1.29, 1.82) is 0 Å². The molecule has 0 N–H and O–H groups in total. The van der Waals surface area contributed by atoms with E-state index in [1.807, 2.05) is 12.1 Å². The minimum atomic E-state index is 0.660. The van der Waals surface area contributed by atoms with Gasteiger partial charge in [-0.25, -0.2) is 9.97 Å². The summed E-state index contributed by atoms with van der Waals surface area (Å²) < 4.78 is 4.65. The van der Waals surface area contributed by atoms with Crippen LogP contribution in [0.3, 0.4) is 0 Å². The fraction of sp³-hybridized carbons (Fsp3) is 0. The number of nitrogens with zero attached hydrogens (tertiary/aromatic N) is 4. The molecular weight excluding hydrogens is 753 g/mol. The minimum absolute atomic E-state index is 0.660. The zero-order chi connectivity index (χ0) is 40.7. The molecule has 0 saturated heterocycles. The lowest BCUT2D eigenvalue weighted by molar-refractivity contribution is 1.01. The molecule has 0 bridgehead atoms. The lowest BCUT2D eigenvalue weighted by Gasteiger charge is -2.12. The quantitative estimate of drug-likeness (QED) is 0.174. The van der Waals surface area contributed by atoms with Gasteiger partial charge in [0.05, 0.1) is 33.3 Å². The highest BCUT2D eigenvalue weighted by molar-refractivity contribution is 6.22. The molecule has 0 radical (unpaired) electrons. The predicted octanol–water partition coefficient (Wildman–Crippen LogP) is 15.1. The Hall–Kier alpha value is -8.34. The number of benzene rings is 10. The smallest absolute Gasteiger partial charge is 0.235 e. The van der Waals surface area contributed by atoms with Gasteiger partial charge in [0.25, 0.3) is 0 Å². The van der Waals surface area contributed by atoms with Crippen LogP contribution in [0.4, 0.5) is 0 Å². The Morgan fingerprint density at radius 2 is 0.855 bits per heavy atom. The number of rotatable bonds is 5. The van der Waals surface area contributed by atoms with Crippen molar-refractivity contribution in [2.75, 3.05) is 0 Å². The summed E-state index contributed by atoms with van der Waals surface area (Å²) in [7, 11) is 0. The predicted molar refractivity (Wildman–Crippen MR) is 260 cm³/mol. The first-order valence-corrected chi connectivity index (χ1v) is 21.2. The maximum Gasteiger partial charge on any atom is 0.235 e. The Labute approximate surface area is 357 Å². The molecule has 0 spiro atoms. The van der Waals surface area contributed by atoms with E-state index in [1.54, 1.807) is 0 Å². The van der Waals surface area contributed by atoms with Crippen molar-refractivity contribution in [3.63, 3.8) is 0 Å². The van der Waals surface area contributed by atoms with E-state index in [4.69, 9.17) is 9.97 Å². The maximum absolute atomic E-state index is 5.29. The van der Waals surface area contributed by atoms with Crippen LogP contribution in [0.1, 0.15) is 0 Å². The van der Waals surface area contributed by atoms with Crippen molar-refractivity contribution in [2.24, 2.45) is 0 Å². The van der Waals surface area contributed by atoms with Crippen LogP contribution in [0.5, 0.6) is 0 Å². The summed E-state index contributed by atoms with van der Waals surface area (Å²) in [6.45, 7) is 0. The summed E-state index contributed by atoms with van der Waals surface area (Å²) in [5, 5.41) is 10.8. The number of hydrogen-bond donors (Lipinski definition) is 0. The van der Waals surface area contributed by atoms with Gasteiger partial charge < -0.3 is 4.57 Å². The van der Waals surface area contributed by atoms with Crippen molar-refractivity contribution in [2.45, 2.75) is 0 Å². The Morgan fingerprint density at radius 3 is 1.68 bits per heavy atom. The minimum Gasteiger partial charge on any atom is -0.309 e. The van der Waals surface area contributed by atoms with Gasteiger partial charge in [-0.3, -0.25) is 4.57 Å². The van der Waals surface area contributed by atoms with Gasteiger partial charge in [-0.1, -0.05) is 158 Å². The second-order valence-corrected chi connectivity index (χ2v) is 16.2. The molecule has 0 aliphatic carbocycles. The first-order chi connectivity index (χ1) is 30.7. The fourth-order valence-electron chi connectivity index (χ4n) is 9.77. The van der Waals surface area contributed by atoms with E-state index in [-0.39, 0.29) is 0 Å². The third-order valence-corrected chi connectivity index (χ3v) is 12.7. The number of para-hydroxylation sites is 2. The van der Waals surface area contributed by atoms with E-state index < -0.39 is 0 Å². The molecule has 4 nitrogen and oxygen atoms in total. The van der Waals surface area contributed by atoms with Crippen molar-refractivity contribution in [1.82, 2.24) is 19.1 Å². The molecule has 4 heteroatoms. The van der Waals surface area contributed by atoms with Crippen molar-refractivity contribution in [3.8, 4) is 45.1 Å². The third kappa shape index (κ3) is 5.33. The van der Waals surface area contributed by atoms with Gasteiger partial charge in [-0.2, -0.15) is 0 Å². The Balaban J connectivity index is 0.974. The highest BCUT2D eigenvalue weighted by atomic mass is 15.2. The van der Waals surface area contributed by atoms with Gasteiger partial charge in [-0.15, -0.1) is 0 Å². The van der Waals surface area contributed by atoms with Gasteiger partial charge >= 0.3 is 0 Å². The van der Waals surface area contributed by atoms with Crippen LogP contribution < -0.4 is 0 Å². The van der Waals surface area contributed by atoms with E-state index in [0.717, 1.165) is 55.2 Å². The molecular formula is C58H36N4. The number of hydrogen-bond acceptors (Lipinski definition) is 2. The van der Waals surface area contributed by atoms with E-state index in [0.29, 0.717) is 5.95 Å². The third-order valence-electron chi connectivity index (χ3n) is 12.7. The Morgan fingerprint density at radius 1 is 0.290 bits per heavy atom. The molecule has 288 valence electrons. The summed E-state index contributed by atoms with van der Waals surface area (Å²) in [6, 6.07) is 78.7. The lowest BCUT2D eigenvalue weighted by atomic mass is 9.99. The van der Waals surface area contributed by atoms with Crippen LogP contribution in [-0.4, -0.2) is 19.1 Å². The summed E-state index contributed by atoms with van der Waals surface area (Å²) in [4.78, 5) is 10.5. The second-order valence-electron chi connectivity index (χ2n) is 16.2. The topological polar surface area (TPSA) is 35.6 Å². The maximum atomic E-state index is 5.29. The van der Waals surface area contributed by atoms with Crippen LogP contribution >= 0.6 is 0 Å². The SMILES string of the molecule is c1ccc(-c2nc(-n3c4ccccc4c4cc(-c5ccc6c(c5)c5c7ccccc7ccc5n6-c5ccc(-c6ccc7ccccc7c6)cc5)ccc43)nc3ccccc23)cc1. The first kappa shape index (κ1) is 34.5. The highest BCUT2D eigenvalue weighted by Gasteiger charge is 2.20. The van der Waals surface area contributed by atoms with E-state index in [1.165, 1.54) is 60.0 Å². The summed E-state index contributed by atoms with van der Waals surface area (Å²) in [5.41, 5.74) is 13.3. The summed E-state index contributed by atoms with van der Waals surface area (Å²) >= 11 is 0. The Kier molecular flexibility index (Phi) is 7.57. The number of aromatic nitrogens is 4. The highest BCUT2D eigenvalue weighted by Crippen LogP contribution is 2.41. The van der Waals surface area contributed by atoms with Gasteiger partial charge in [0.1, 0.15) is 0 Å². The molecule has 10 aromatic carbocycles. The van der Waals surface area contributed by atoms with Crippen LogP contribution in [-0.2, 0) is 0 Å². The summed E-state index contributed by atoms with van der Waals surface area (Å²) in [5.74, 6) is 0.660. The van der Waals surface area contributed by atoms with Crippen LogP contribution in [0.2, 0.25) is 0 Å². The summed E-state index contributed by atoms with van der Waals surface area (Å²) in [6.07, 6.45) is 0. The molecule has 0 fully saturated rings. The van der Waals surface area contributed by atoms with Gasteiger partial charge in [0.2, 0.25) is 5.95 Å². The zero-order valence-corrected chi connectivity index (χ0v) is 33.6. The fourth-order valence-corrected chi connectivity index (χ4v) is 9.77. The molecule has 13 rings (SSSR count). The monoisotopic (exact) mass is 788 g/mol. The zero-order valence-electron chi connectivity index (χ0n) is 33.6. The van der Waals surface area contributed by atoms with Crippen molar-refractivity contribution >= 4 is 76.1 Å². The molecule has 62 heavy (non-hydrogen) atoms. The van der Waals surface area contributed by atoms with E-state index >= 15 is 0 Å². The molecule has 0 aliphatic heterocycles.